The number of Topliss-reactive ketones (excluding diaryl/α,β-unsaturated/α-hetero) is 1. The van der Waals surface area contributed by atoms with Crippen LogP contribution in [0.5, 0.6) is 0 Å². The first-order valence-corrected chi connectivity index (χ1v) is 7.86. The fourth-order valence-electron chi connectivity index (χ4n) is 3.11. The maximum atomic E-state index is 13.0. The smallest absolute Gasteiger partial charge is 0.295 e. The molecular formula is C17H18F3N3O. The topological polar surface area (TPSA) is 38.1 Å². The summed E-state index contributed by atoms with van der Waals surface area (Å²) in [5.74, 6) is -0.327. The van der Waals surface area contributed by atoms with E-state index < -0.39 is 6.55 Å². The molecule has 0 unspecified atom stereocenters. The summed E-state index contributed by atoms with van der Waals surface area (Å²) in [6.07, 6.45) is 4.17. The third-order valence-corrected chi connectivity index (χ3v) is 4.33. The summed E-state index contributed by atoms with van der Waals surface area (Å²) < 4.78 is 39.6. The summed E-state index contributed by atoms with van der Waals surface area (Å²) in [6.45, 7) is -1.11. The third kappa shape index (κ3) is 3.67. The number of imidazole rings is 1. The first-order valence-electron chi connectivity index (χ1n) is 7.86. The molecule has 0 saturated carbocycles. The summed E-state index contributed by atoms with van der Waals surface area (Å²) in [7, 11) is 0. The molecule has 0 N–H and O–H groups in total. The molecule has 128 valence electrons. The molecule has 1 atom stereocenters. The zero-order valence-corrected chi connectivity index (χ0v) is 13.0. The van der Waals surface area contributed by atoms with E-state index in [1.54, 1.807) is 0 Å². The third-order valence-electron chi connectivity index (χ3n) is 4.33. The number of benzene rings is 1. The summed E-state index contributed by atoms with van der Waals surface area (Å²) in [5, 5.41) is 0. The van der Waals surface area contributed by atoms with Crippen LogP contribution in [0.1, 0.15) is 35.6 Å². The standard InChI is InChI=1S/C17H18F3N3O/c18-14-5-3-12(4-6-14)16(24)13-2-1-8-22(10-13)11-15-21-7-9-23(15)17(19)20/h3-7,9,13,17H,1-2,8,10-11H2/t13-/m0/s1. The van der Waals surface area contributed by atoms with Gasteiger partial charge in [-0.2, -0.15) is 8.78 Å². The average molecular weight is 337 g/mol. The molecule has 0 radical (unpaired) electrons. The first-order chi connectivity index (χ1) is 11.5. The van der Waals surface area contributed by atoms with Crippen molar-refractivity contribution in [3.05, 3.63) is 53.9 Å². The van der Waals surface area contributed by atoms with Gasteiger partial charge in [0.25, 0.3) is 0 Å². The second kappa shape index (κ2) is 7.17. The van der Waals surface area contributed by atoms with Gasteiger partial charge < -0.3 is 0 Å². The first kappa shape index (κ1) is 16.7. The van der Waals surface area contributed by atoms with Crippen molar-refractivity contribution in [2.45, 2.75) is 25.9 Å². The minimum absolute atomic E-state index is 0.0306. The highest BCUT2D eigenvalue weighted by atomic mass is 19.3. The molecule has 4 nitrogen and oxygen atoms in total. The Morgan fingerprint density at radius 1 is 1.29 bits per heavy atom. The average Bonchev–Trinajstić information content (AvgIpc) is 3.03. The van der Waals surface area contributed by atoms with Crippen LogP contribution in [-0.4, -0.2) is 33.3 Å². The SMILES string of the molecule is O=C(c1ccc(F)cc1)[C@H]1CCCN(Cc2nccn2C(F)F)C1. The van der Waals surface area contributed by atoms with Gasteiger partial charge in [-0.1, -0.05) is 0 Å². The van der Waals surface area contributed by atoms with Crippen molar-refractivity contribution in [1.29, 1.82) is 0 Å². The molecule has 3 rings (SSSR count). The van der Waals surface area contributed by atoms with Crippen LogP contribution in [0.15, 0.2) is 36.7 Å². The van der Waals surface area contributed by atoms with Gasteiger partial charge in [-0.05, 0) is 43.7 Å². The van der Waals surface area contributed by atoms with Crippen molar-refractivity contribution in [3.63, 3.8) is 0 Å². The molecule has 1 aliphatic rings. The molecule has 0 aliphatic carbocycles. The molecule has 24 heavy (non-hydrogen) atoms. The number of alkyl halides is 2. The quantitative estimate of drug-likeness (QED) is 0.784. The molecule has 1 fully saturated rings. The lowest BCUT2D eigenvalue weighted by atomic mass is 9.90. The van der Waals surface area contributed by atoms with Crippen molar-refractivity contribution in [2.75, 3.05) is 13.1 Å². The summed E-state index contributed by atoms with van der Waals surface area (Å²) >= 11 is 0. The number of hydrogen-bond acceptors (Lipinski definition) is 3. The Kier molecular flexibility index (Phi) is 4.99. The Balaban J connectivity index is 1.67. The van der Waals surface area contributed by atoms with Gasteiger partial charge in [0, 0.05) is 30.4 Å². The van der Waals surface area contributed by atoms with E-state index in [0.29, 0.717) is 17.9 Å². The van der Waals surface area contributed by atoms with Gasteiger partial charge >= 0.3 is 6.55 Å². The lowest BCUT2D eigenvalue weighted by Gasteiger charge is -2.31. The number of ketones is 1. The number of carbonyl (C=O) groups excluding carboxylic acids is 1. The van der Waals surface area contributed by atoms with Crippen LogP contribution in [0.4, 0.5) is 13.2 Å². The number of likely N-dealkylation sites (tertiary alicyclic amines) is 1. The highest BCUT2D eigenvalue weighted by Crippen LogP contribution is 2.23. The Morgan fingerprint density at radius 3 is 2.75 bits per heavy atom. The van der Waals surface area contributed by atoms with Gasteiger partial charge in [0.2, 0.25) is 0 Å². The highest BCUT2D eigenvalue weighted by molar-refractivity contribution is 5.98. The number of piperidine rings is 1. The monoisotopic (exact) mass is 337 g/mol. The maximum absolute atomic E-state index is 13.0. The van der Waals surface area contributed by atoms with Gasteiger partial charge in [-0.3, -0.25) is 14.3 Å². The van der Waals surface area contributed by atoms with E-state index in [-0.39, 0.29) is 24.1 Å². The van der Waals surface area contributed by atoms with E-state index >= 15 is 0 Å². The predicted octanol–water partition coefficient (Wildman–Crippen LogP) is 3.51. The summed E-state index contributed by atoms with van der Waals surface area (Å²) in [4.78, 5) is 18.5. The van der Waals surface area contributed by atoms with Gasteiger partial charge in [-0.25, -0.2) is 9.37 Å². The number of rotatable bonds is 5. The number of aromatic nitrogens is 2. The minimum atomic E-state index is -2.62. The van der Waals surface area contributed by atoms with Crippen LogP contribution in [0, 0.1) is 11.7 Å². The van der Waals surface area contributed by atoms with Gasteiger partial charge in [0.05, 0.1) is 6.54 Å². The van der Waals surface area contributed by atoms with Gasteiger partial charge in [0.1, 0.15) is 11.6 Å². The second-order valence-corrected chi connectivity index (χ2v) is 5.97. The van der Waals surface area contributed by atoms with Crippen molar-refractivity contribution in [2.24, 2.45) is 5.92 Å². The zero-order chi connectivity index (χ0) is 17.1. The molecule has 7 heteroatoms. The molecular weight excluding hydrogens is 319 g/mol. The van der Waals surface area contributed by atoms with E-state index in [2.05, 4.69) is 4.98 Å². The van der Waals surface area contributed by atoms with Gasteiger partial charge in [-0.15, -0.1) is 0 Å². The van der Waals surface area contributed by atoms with Crippen LogP contribution in [-0.2, 0) is 6.54 Å². The highest BCUT2D eigenvalue weighted by Gasteiger charge is 2.27. The minimum Gasteiger partial charge on any atom is -0.295 e. The van der Waals surface area contributed by atoms with Crippen molar-refractivity contribution < 1.29 is 18.0 Å². The Hall–Kier alpha value is -2.15. The molecule has 1 aromatic heterocycles. The van der Waals surface area contributed by atoms with Crippen LogP contribution in [0.3, 0.4) is 0 Å². The van der Waals surface area contributed by atoms with Crippen molar-refractivity contribution >= 4 is 5.78 Å². The molecule has 1 aliphatic heterocycles. The van der Waals surface area contributed by atoms with Crippen LogP contribution >= 0.6 is 0 Å². The molecule has 2 heterocycles. The molecule has 1 aromatic carbocycles. The fourth-order valence-corrected chi connectivity index (χ4v) is 3.11. The maximum Gasteiger partial charge on any atom is 0.319 e. The molecule has 0 bridgehead atoms. The van der Waals surface area contributed by atoms with E-state index in [0.717, 1.165) is 24.0 Å². The summed E-state index contributed by atoms with van der Waals surface area (Å²) in [5.41, 5.74) is 0.484. The van der Waals surface area contributed by atoms with E-state index in [1.165, 1.54) is 36.7 Å². The Morgan fingerprint density at radius 2 is 2.04 bits per heavy atom. The Bertz CT molecular complexity index is 699. The molecule has 1 saturated heterocycles. The van der Waals surface area contributed by atoms with Crippen molar-refractivity contribution in [3.8, 4) is 0 Å². The number of halogens is 3. The van der Waals surface area contributed by atoms with E-state index in [4.69, 9.17) is 0 Å². The molecule has 0 amide bonds. The predicted molar refractivity (Wildman–Crippen MR) is 82.2 cm³/mol. The lowest BCUT2D eigenvalue weighted by Crippen LogP contribution is -2.38. The fraction of sp³-hybridized carbons (Fsp3) is 0.412. The van der Waals surface area contributed by atoms with Crippen molar-refractivity contribution in [1.82, 2.24) is 14.5 Å². The van der Waals surface area contributed by atoms with E-state index in [1.807, 2.05) is 4.90 Å². The second-order valence-electron chi connectivity index (χ2n) is 5.97. The number of carbonyl (C=O) groups is 1. The normalized spacial score (nSPS) is 18.9. The largest absolute Gasteiger partial charge is 0.319 e. The van der Waals surface area contributed by atoms with Crippen LogP contribution in [0.2, 0.25) is 0 Å². The van der Waals surface area contributed by atoms with Gasteiger partial charge in [0.15, 0.2) is 5.78 Å². The molecule has 2 aromatic rings. The van der Waals surface area contributed by atoms with Crippen LogP contribution < -0.4 is 0 Å². The van der Waals surface area contributed by atoms with E-state index in [9.17, 15) is 18.0 Å². The Labute approximate surface area is 137 Å². The van der Waals surface area contributed by atoms with Crippen LogP contribution in [0.25, 0.3) is 0 Å². The summed E-state index contributed by atoms with van der Waals surface area (Å²) in [6, 6.07) is 5.51. The lowest BCUT2D eigenvalue weighted by molar-refractivity contribution is 0.0603. The molecule has 0 spiro atoms. The number of hydrogen-bond donors (Lipinski definition) is 0. The zero-order valence-electron chi connectivity index (χ0n) is 13.0. The number of nitrogens with zero attached hydrogens (tertiary/aromatic N) is 3.